The zero-order valence-corrected chi connectivity index (χ0v) is 9.18. The first kappa shape index (κ1) is 10.5. The molecule has 1 rings (SSSR count). The van der Waals surface area contributed by atoms with Crippen LogP contribution in [0.25, 0.3) is 0 Å². The maximum absolute atomic E-state index is 5.45. The molecule has 13 heavy (non-hydrogen) atoms. The second-order valence-electron chi connectivity index (χ2n) is 3.08. The fraction of sp³-hybridized carbons (Fsp3) is 0.273. The highest BCUT2D eigenvalue weighted by Crippen LogP contribution is 2.12. The van der Waals surface area contributed by atoms with E-state index in [2.05, 4.69) is 46.8 Å². The van der Waals surface area contributed by atoms with Crippen LogP contribution in [0.15, 0.2) is 40.9 Å². The van der Waals surface area contributed by atoms with Crippen LogP contribution in [0.3, 0.4) is 0 Å². The van der Waals surface area contributed by atoms with Crippen LogP contribution in [-0.2, 0) is 6.42 Å². The Bertz CT molecular complexity index is 277. The molecule has 0 unspecified atom stereocenters. The van der Waals surface area contributed by atoms with Crippen molar-refractivity contribution < 1.29 is 0 Å². The van der Waals surface area contributed by atoms with Gasteiger partial charge in [-0.25, -0.2) is 0 Å². The van der Waals surface area contributed by atoms with Crippen LogP contribution in [0.4, 0.5) is 0 Å². The zero-order chi connectivity index (χ0) is 9.68. The van der Waals surface area contributed by atoms with Crippen LogP contribution >= 0.6 is 15.9 Å². The van der Waals surface area contributed by atoms with Gasteiger partial charge >= 0.3 is 0 Å². The van der Waals surface area contributed by atoms with Crippen LogP contribution in [0.1, 0.15) is 12.0 Å². The van der Waals surface area contributed by atoms with E-state index in [4.69, 9.17) is 5.73 Å². The van der Waals surface area contributed by atoms with Crippen molar-refractivity contribution in [3.63, 3.8) is 0 Å². The molecule has 0 heterocycles. The lowest BCUT2D eigenvalue weighted by molar-refractivity contribution is 0.908. The number of halogens is 1. The Morgan fingerprint density at radius 2 is 1.92 bits per heavy atom. The predicted octanol–water partition coefficient (Wildman–Crippen LogP) is 2.90. The van der Waals surface area contributed by atoms with Gasteiger partial charge in [0.15, 0.2) is 0 Å². The molecular weight excluding hydrogens is 226 g/mol. The second kappa shape index (κ2) is 5.20. The minimum absolute atomic E-state index is 0.594. The van der Waals surface area contributed by atoms with E-state index < -0.39 is 0 Å². The normalized spacial score (nSPS) is 10.0. The number of hydrogen-bond acceptors (Lipinski definition) is 1. The van der Waals surface area contributed by atoms with E-state index in [1.165, 1.54) is 5.56 Å². The number of hydrogen-bond donors (Lipinski definition) is 1. The second-order valence-corrected chi connectivity index (χ2v) is 4.00. The summed E-state index contributed by atoms with van der Waals surface area (Å²) < 4.78 is 1.12. The van der Waals surface area contributed by atoms with Crippen molar-refractivity contribution >= 4 is 15.9 Å². The van der Waals surface area contributed by atoms with Gasteiger partial charge in [-0.1, -0.05) is 40.2 Å². The summed E-state index contributed by atoms with van der Waals surface area (Å²) in [5.74, 6) is 0. The van der Waals surface area contributed by atoms with Gasteiger partial charge in [0.05, 0.1) is 0 Å². The van der Waals surface area contributed by atoms with Crippen LogP contribution in [0.2, 0.25) is 0 Å². The summed E-state index contributed by atoms with van der Waals surface area (Å²) in [5, 5.41) is 0. The Morgan fingerprint density at radius 1 is 1.31 bits per heavy atom. The fourth-order valence-corrected chi connectivity index (χ4v) is 1.34. The molecule has 0 aliphatic carbocycles. The molecule has 1 nitrogen and oxygen atoms in total. The van der Waals surface area contributed by atoms with Crippen molar-refractivity contribution in [3.8, 4) is 0 Å². The van der Waals surface area contributed by atoms with Gasteiger partial charge < -0.3 is 5.73 Å². The summed E-state index contributed by atoms with van der Waals surface area (Å²) in [5.41, 5.74) is 7.90. The molecule has 1 aromatic rings. The Labute approximate surface area is 87.8 Å². The van der Waals surface area contributed by atoms with Gasteiger partial charge in [-0.15, -0.1) is 0 Å². The number of aryl methyl sites for hydroxylation is 1. The molecule has 0 bridgehead atoms. The molecular formula is C11H14BrN. The predicted molar refractivity (Wildman–Crippen MR) is 60.7 cm³/mol. The first-order valence-electron chi connectivity index (χ1n) is 4.33. The van der Waals surface area contributed by atoms with Crippen LogP contribution in [0.5, 0.6) is 0 Å². The Kier molecular flexibility index (Phi) is 4.19. The maximum atomic E-state index is 5.45. The largest absolute Gasteiger partial charge is 0.327 e. The standard InChI is InChI=1S/C11H14BrN/c1-9(8-13)2-3-10-4-6-11(12)7-5-10/h4-7H,1-3,8,13H2. The van der Waals surface area contributed by atoms with Crippen molar-refractivity contribution in [1.82, 2.24) is 0 Å². The molecule has 0 aliphatic rings. The summed E-state index contributed by atoms with van der Waals surface area (Å²) in [6, 6.07) is 8.35. The van der Waals surface area contributed by atoms with Gasteiger partial charge in [0.2, 0.25) is 0 Å². The first-order valence-corrected chi connectivity index (χ1v) is 5.13. The summed E-state index contributed by atoms with van der Waals surface area (Å²) in [4.78, 5) is 0. The highest BCUT2D eigenvalue weighted by Gasteiger charge is 1.95. The molecule has 2 N–H and O–H groups in total. The van der Waals surface area contributed by atoms with Crippen molar-refractivity contribution in [2.24, 2.45) is 5.73 Å². The number of nitrogens with two attached hydrogens (primary N) is 1. The molecule has 70 valence electrons. The average Bonchev–Trinajstić information content (AvgIpc) is 2.16. The lowest BCUT2D eigenvalue weighted by atomic mass is 10.1. The van der Waals surface area contributed by atoms with E-state index in [-0.39, 0.29) is 0 Å². The summed E-state index contributed by atoms with van der Waals surface area (Å²) in [6.45, 7) is 4.47. The summed E-state index contributed by atoms with van der Waals surface area (Å²) in [7, 11) is 0. The quantitative estimate of drug-likeness (QED) is 0.804. The number of rotatable bonds is 4. The molecule has 0 spiro atoms. The molecule has 2 heteroatoms. The molecule has 0 saturated heterocycles. The highest BCUT2D eigenvalue weighted by molar-refractivity contribution is 9.10. The van der Waals surface area contributed by atoms with E-state index in [1.54, 1.807) is 0 Å². The van der Waals surface area contributed by atoms with Gasteiger partial charge in [0.25, 0.3) is 0 Å². The number of benzene rings is 1. The Morgan fingerprint density at radius 3 is 2.46 bits per heavy atom. The molecule has 0 aliphatic heterocycles. The Balaban J connectivity index is 2.46. The van der Waals surface area contributed by atoms with Gasteiger partial charge in [0, 0.05) is 11.0 Å². The minimum atomic E-state index is 0.594. The maximum Gasteiger partial charge on any atom is 0.0175 e. The minimum Gasteiger partial charge on any atom is -0.327 e. The molecule has 0 fully saturated rings. The van der Waals surface area contributed by atoms with E-state index in [0.717, 1.165) is 22.9 Å². The third-order valence-electron chi connectivity index (χ3n) is 1.97. The SMILES string of the molecule is C=C(CN)CCc1ccc(Br)cc1. The van der Waals surface area contributed by atoms with Gasteiger partial charge in [-0.2, -0.15) is 0 Å². The van der Waals surface area contributed by atoms with E-state index >= 15 is 0 Å². The van der Waals surface area contributed by atoms with Crippen molar-refractivity contribution in [2.75, 3.05) is 6.54 Å². The molecule has 0 atom stereocenters. The zero-order valence-electron chi connectivity index (χ0n) is 7.59. The fourth-order valence-electron chi connectivity index (χ4n) is 1.07. The molecule has 0 amide bonds. The Hall–Kier alpha value is -0.600. The van der Waals surface area contributed by atoms with Crippen molar-refractivity contribution in [1.29, 1.82) is 0 Å². The van der Waals surface area contributed by atoms with Crippen LogP contribution < -0.4 is 5.73 Å². The van der Waals surface area contributed by atoms with E-state index in [9.17, 15) is 0 Å². The summed E-state index contributed by atoms with van der Waals surface area (Å²) >= 11 is 3.40. The van der Waals surface area contributed by atoms with Gasteiger partial charge in [-0.3, -0.25) is 0 Å². The van der Waals surface area contributed by atoms with Crippen LogP contribution in [0, 0.1) is 0 Å². The average molecular weight is 240 g/mol. The molecule has 1 aromatic carbocycles. The smallest absolute Gasteiger partial charge is 0.0175 e. The third kappa shape index (κ3) is 3.75. The third-order valence-corrected chi connectivity index (χ3v) is 2.50. The molecule has 0 radical (unpaired) electrons. The van der Waals surface area contributed by atoms with Gasteiger partial charge in [-0.05, 0) is 30.5 Å². The lowest BCUT2D eigenvalue weighted by Crippen LogP contribution is -2.02. The molecule has 0 aromatic heterocycles. The van der Waals surface area contributed by atoms with E-state index in [1.807, 2.05) is 0 Å². The monoisotopic (exact) mass is 239 g/mol. The topological polar surface area (TPSA) is 26.0 Å². The molecule has 0 saturated carbocycles. The van der Waals surface area contributed by atoms with Gasteiger partial charge in [0.1, 0.15) is 0 Å². The van der Waals surface area contributed by atoms with Crippen molar-refractivity contribution in [3.05, 3.63) is 46.5 Å². The first-order chi connectivity index (χ1) is 6.22. The summed E-state index contributed by atoms with van der Waals surface area (Å²) in [6.07, 6.45) is 2.02. The van der Waals surface area contributed by atoms with Crippen LogP contribution in [-0.4, -0.2) is 6.54 Å². The highest BCUT2D eigenvalue weighted by atomic mass is 79.9. The van der Waals surface area contributed by atoms with E-state index in [0.29, 0.717) is 6.54 Å². The van der Waals surface area contributed by atoms with Crippen molar-refractivity contribution in [2.45, 2.75) is 12.8 Å². The lowest BCUT2D eigenvalue weighted by Gasteiger charge is -2.02.